The van der Waals surface area contributed by atoms with E-state index in [4.69, 9.17) is 0 Å². The third-order valence-electron chi connectivity index (χ3n) is 5.19. The Hall–Kier alpha value is -2.81. The van der Waals surface area contributed by atoms with Crippen LogP contribution in [0.2, 0.25) is 0 Å². The van der Waals surface area contributed by atoms with E-state index in [2.05, 4.69) is 65.5 Å². The fraction of sp³-hybridized carbons (Fsp3) is 0.292. The number of hydrogen-bond donors (Lipinski definition) is 0. The zero-order valence-electron chi connectivity index (χ0n) is 15.7. The van der Waals surface area contributed by atoms with Crippen molar-refractivity contribution in [3.8, 4) is 11.1 Å². The van der Waals surface area contributed by atoms with Crippen molar-refractivity contribution in [2.24, 2.45) is 4.99 Å². The van der Waals surface area contributed by atoms with Crippen molar-refractivity contribution in [2.45, 2.75) is 45.4 Å². The number of Topliss-reactive ketones (excluding diaryl/α,β-unsaturated/α-hetero) is 1. The van der Waals surface area contributed by atoms with Crippen molar-refractivity contribution >= 4 is 17.3 Å². The number of aliphatic imine (C=N–C) groups is 1. The first-order valence-electron chi connectivity index (χ1n) is 9.71. The molecule has 0 saturated heterocycles. The molecular weight excluding hydrogens is 332 g/mol. The summed E-state index contributed by atoms with van der Waals surface area (Å²) in [6, 6.07) is 10.5. The highest BCUT2D eigenvalue weighted by Crippen LogP contribution is 2.30. The Morgan fingerprint density at radius 1 is 1.11 bits per heavy atom. The van der Waals surface area contributed by atoms with Gasteiger partial charge >= 0.3 is 0 Å². The molecule has 0 saturated carbocycles. The molecule has 3 heteroatoms. The van der Waals surface area contributed by atoms with Gasteiger partial charge in [-0.3, -0.25) is 4.79 Å². The first-order chi connectivity index (χ1) is 13.2. The molecule has 0 amide bonds. The van der Waals surface area contributed by atoms with Gasteiger partial charge in [0.25, 0.3) is 0 Å². The Kier molecular flexibility index (Phi) is 5.10. The van der Waals surface area contributed by atoms with Crippen molar-refractivity contribution < 1.29 is 4.79 Å². The lowest BCUT2D eigenvalue weighted by Crippen LogP contribution is -2.13. The Bertz CT molecular complexity index is 949. The fourth-order valence-electron chi connectivity index (χ4n) is 3.60. The Balaban J connectivity index is 1.38. The second kappa shape index (κ2) is 7.83. The summed E-state index contributed by atoms with van der Waals surface area (Å²) in [7, 11) is 0. The van der Waals surface area contributed by atoms with E-state index in [1.165, 1.54) is 11.1 Å². The number of rotatable bonds is 6. The van der Waals surface area contributed by atoms with Crippen molar-refractivity contribution in [3.05, 3.63) is 71.5 Å². The van der Waals surface area contributed by atoms with Gasteiger partial charge in [-0.2, -0.15) is 0 Å². The third-order valence-corrected chi connectivity index (χ3v) is 5.19. The summed E-state index contributed by atoms with van der Waals surface area (Å²) in [5.41, 5.74) is 6.53. The molecule has 27 heavy (non-hydrogen) atoms. The zero-order valence-corrected chi connectivity index (χ0v) is 15.7. The number of allylic oxidation sites excluding steroid dienone is 4. The van der Waals surface area contributed by atoms with Crippen LogP contribution in [0.15, 0.2) is 65.3 Å². The number of carbonyl (C=O) groups excluding carboxylic acids is 1. The molecule has 0 bridgehead atoms. The van der Waals surface area contributed by atoms with Crippen LogP contribution in [0.25, 0.3) is 11.1 Å². The number of hydrogen-bond acceptors (Lipinski definition) is 3. The molecule has 1 aliphatic heterocycles. The summed E-state index contributed by atoms with van der Waals surface area (Å²) in [6.45, 7) is 2.08. The molecule has 2 aromatic rings. The molecule has 1 aliphatic carbocycles. The van der Waals surface area contributed by atoms with Gasteiger partial charge in [0.1, 0.15) is 0 Å². The van der Waals surface area contributed by atoms with E-state index in [0.717, 1.165) is 42.4 Å². The first-order valence-corrected chi connectivity index (χ1v) is 9.71. The molecule has 0 atom stereocenters. The topological polar surface area (TPSA) is 42.3 Å². The predicted octanol–water partition coefficient (Wildman–Crippen LogP) is 5.70. The van der Waals surface area contributed by atoms with E-state index >= 15 is 0 Å². The van der Waals surface area contributed by atoms with Crippen molar-refractivity contribution in [1.82, 2.24) is 4.98 Å². The van der Waals surface area contributed by atoms with Crippen molar-refractivity contribution in [1.29, 1.82) is 0 Å². The first kappa shape index (κ1) is 17.6. The normalized spacial score (nSPS) is 15.3. The van der Waals surface area contributed by atoms with Crippen LogP contribution in [-0.4, -0.2) is 16.5 Å². The maximum atomic E-state index is 12.6. The van der Waals surface area contributed by atoms with Gasteiger partial charge in [0.15, 0.2) is 11.6 Å². The van der Waals surface area contributed by atoms with E-state index in [1.807, 2.05) is 6.20 Å². The van der Waals surface area contributed by atoms with E-state index in [1.54, 1.807) is 0 Å². The number of ketones is 1. The summed E-state index contributed by atoms with van der Waals surface area (Å²) in [5, 5.41) is 0. The minimum Gasteiger partial charge on any atom is -0.293 e. The summed E-state index contributed by atoms with van der Waals surface area (Å²) in [5.74, 6) is 0.859. The van der Waals surface area contributed by atoms with Crippen LogP contribution in [0.4, 0.5) is 5.82 Å². The van der Waals surface area contributed by atoms with Crippen molar-refractivity contribution in [3.63, 3.8) is 0 Å². The van der Waals surface area contributed by atoms with Gasteiger partial charge in [-0.15, -0.1) is 0 Å². The Morgan fingerprint density at radius 3 is 2.74 bits per heavy atom. The molecule has 1 aromatic carbocycles. The molecule has 0 radical (unpaired) electrons. The van der Waals surface area contributed by atoms with Crippen LogP contribution in [0, 0.1) is 6.92 Å². The summed E-state index contributed by atoms with van der Waals surface area (Å²) >= 11 is 0. The maximum absolute atomic E-state index is 12.6. The van der Waals surface area contributed by atoms with Crippen LogP contribution in [0.3, 0.4) is 0 Å². The molecule has 0 fully saturated rings. The standard InChI is InChI=1S/C24H24N2O/c1-17-10-12-19(13-11-17)21-14-20-15-22(26-24(20)25-16-21)23(27)9-5-8-18-6-3-2-4-7-18/h3,6-7,10-14,16H,2,4-5,8-9,15H2,1H3. The van der Waals surface area contributed by atoms with Gasteiger partial charge in [-0.05, 0) is 44.2 Å². The van der Waals surface area contributed by atoms with Crippen LogP contribution in [0.5, 0.6) is 0 Å². The molecule has 0 unspecified atom stereocenters. The fourth-order valence-corrected chi connectivity index (χ4v) is 3.60. The van der Waals surface area contributed by atoms with Crippen LogP contribution >= 0.6 is 0 Å². The van der Waals surface area contributed by atoms with Gasteiger partial charge in [0.2, 0.25) is 0 Å². The molecule has 2 aliphatic rings. The largest absolute Gasteiger partial charge is 0.293 e. The second-order valence-corrected chi connectivity index (χ2v) is 7.34. The molecule has 136 valence electrons. The predicted molar refractivity (Wildman–Crippen MR) is 111 cm³/mol. The third kappa shape index (κ3) is 4.13. The van der Waals surface area contributed by atoms with Gasteiger partial charge in [-0.25, -0.2) is 9.98 Å². The van der Waals surface area contributed by atoms with E-state index < -0.39 is 0 Å². The lowest BCUT2D eigenvalue weighted by atomic mass is 9.98. The maximum Gasteiger partial charge on any atom is 0.177 e. The minimum atomic E-state index is 0.158. The lowest BCUT2D eigenvalue weighted by molar-refractivity contribution is -0.113. The van der Waals surface area contributed by atoms with Gasteiger partial charge in [0, 0.05) is 30.2 Å². The van der Waals surface area contributed by atoms with Crippen molar-refractivity contribution in [2.75, 3.05) is 0 Å². The monoisotopic (exact) mass is 356 g/mol. The molecule has 2 heterocycles. The SMILES string of the molecule is Cc1ccc(-c2cnc3c(c2)CC(C(=O)CCCC2=CCCC=C2)=N3)cc1. The molecule has 4 rings (SSSR count). The van der Waals surface area contributed by atoms with E-state index in [0.29, 0.717) is 24.4 Å². The van der Waals surface area contributed by atoms with Gasteiger partial charge < -0.3 is 0 Å². The molecule has 1 aromatic heterocycles. The van der Waals surface area contributed by atoms with Gasteiger partial charge in [0.05, 0.1) is 5.71 Å². The highest BCUT2D eigenvalue weighted by atomic mass is 16.1. The van der Waals surface area contributed by atoms with Crippen LogP contribution < -0.4 is 0 Å². The Labute approximate surface area is 160 Å². The number of nitrogens with zero attached hydrogens (tertiary/aromatic N) is 2. The van der Waals surface area contributed by atoms with E-state index in [-0.39, 0.29) is 5.78 Å². The molecular formula is C24H24N2O. The summed E-state index contributed by atoms with van der Waals surface area (Å²) in [6.07, 6.45) is 13.8. The number of benzene rings is 1. The molecule has 0 spiro atoms. The van der Waals surface area contributed by atoms with Gasteiger partial charge in [-0.1, -0.05) is 53.6 Å². The summed E-state index contributed by atoms with van der Waals surface area (Å²) in [4.78, 5) is 21.5. The van der Waals surface area contributed by atoms with E-state index in [9.17, 15) is 4.79 Å². The second-order valence-electron chi connectivity index (χ2n) is 7.34. The average Bonchev–Trinajstić information content (AvgIpc) is 3.13. The number of carbonyl (C=O) groups is 1. The number of aromatic nitrogens is 1. The number of pyridine rings is 1. The average molecular weight is 356 g/mol. The number of aryl methyl sites for hydroxylation is 1. The minimum absolute atomic E-state index is 0.158. The highest BCUT2D eigenvalue weighted by molar-refractivity contribution is 6.41. The molecule has 3 nitrogen and oxygen atoms in total. The molecule has 0 N–H and O–H groups in total. The smallest absolute Gasteiger partial charge is 0.177 e. The number of fused-ring (bicyclic) bond motifs is 1. The zero-order chi connectivity index (χ0) is 18.6. The quantitative estimate of drug-likeness (QED) is 0.666. The lowest BCUT2D eigenvalue weighted by Gasteiger charge is -2.06. The Morgan fingerprint density at radius 2 is 1.96 bits per heavy atom. The van der Waals surface area contributed by atoms with Crippen LogP contribution in [-0.2, 0) is 11.2 Å². The highest BCUT2D eigenvalue weighted by Gasteiger charge is 2.21. The summed E-state index contributed by atoms with van der Waals surface area (Å²) < 4.78 is 0. The van der Waals surface area contributed by atoms with Crippen LogP contribution in [0.1, 0.15) is 43.2 Å².